The van der Waals surface area contributed by atoms with Gasteiger partial charge in [-0.25, -0.2) is 9.37 Å². The molecule has 2 heterocycles. The molecule has 21 heavy (non-hydrogen) atoms. The van der Waals surface area contributed by atoms with E-state index in [0.29, 0.717) is 10.9 Å². The van der Waals surface area contributed by atoms with Gasteiger partial charge in [0, 0.05) is 13.0 Å². The summed E-state index contributed by atoms with van der Waals surface area (Å²) in [6.45, 7) is 0.753. The van der Waals surface area contributed by atoms with Crippen LogP contribution in [-0.4, -0.2) is 9.55 Å². The Hall–Kier alpha value is -2.49. The highest BCUT2D eigenvalue weighted by atomic mass is 19.1. The Balaban J connectivity index is 1.95. The summed E-state index contributed by atoms with van der Waals surface area (Å²) < 4.78 is 15.1. The van der Waals surface area contributed by atoms with Gasteiger partial charge in [0.1, 0.15) is 11.6 Å². The standard InChI is InChI=1S/C17H13FN2O/c18-13-4-1-3-11(9-13)12-6-7-14-15(10-12)19-16-5-2-8-20(16)17(14)21/h1,3-4,6-7,9-10H,2,5,8H2. The van der Waals surface area contributed by atoms with Crippen LogP contribution in [0.15, 0.2) is 47.3 Å². The van der Waals surface area contributed by atoms with Gasteiger partial charge in [-0.1, -0.05) is 18.2 Å². The Morgan fingerprint density at radius 1 is 1.10 bits per heavy atom. The molecule has 3 nitrogen and oxygen atoms in total. The van der Waals surface area contributed by atoms with Crippen molar-refractivity contribution in [2.45, 2.75) is 19.4 Å². The third-order valence-corrected chi connectivity index (χ3v) is 3.97. The summed E-state index contributed by atoms with van der Waals surface area (Å²) in [5.41, 5.74) is 2.38. The second-order valence-corrected chi connectivity index (χ2v) is 5.33. The minimum absolute atomic E-state index is 0.0262. The predicted molar refractivity (Wildman–Crippen MR) is 79.7 cm³/mol. The highest BCUT2D eigenvalue weighted by molar-refractivity contribution is 5.83. The fraction of sp³-hybridized carbons (Fsp3) is 0.176. The second-order valence-electron chi connectivity index (χ2n) is 5.33. The van der Waals surface area contributed by atoms with Gasteiger partial charge < -0.3 is 0 Å². The van der Waals surface area contributed by atoms with Gasteiger partial charge in [-0.05, 0) is 41.8 Å². The van der Waals surface area contributed by atoms with Crippen molar-refractivity contribution < 1.29 is 4.39 Å². The zero-order chi connectivity index (χ0) is 14.4. The van der Waals surface area contributed by atoms with E-state index in [0.717, 1.165) is 36.3 Å². The first-order valence-electron chi connectivity index (χ1n) is 7.02. The summed E-state index contributed by atoms with van der Waals surface area (Å²) in [6, 6.07) is 11.9. The second kappa shape index (κ2) is 4.52. The summed E-state index contributed by atoms with van der Waals surface area (Å²) in [5.74, 6) is 0.582. The van der Waals surface area contributed by atoms with E-state index in [9.17, 15) is 9.18 Å². The van der Waals surface area contributed by atoms with Crippen molar-refractivity contribution in [1.29, 1.82) is 0 Å². The zero-order valence-electron chi connectivity index (χ0n) is 11.3. The molecule has 0 saturated heterocycles. The highest BCUT2D eigenvalue weighted by Gasteiger charge is 2.16. The topological polar surface area (TPSA) is 34.9 Å². The van der Waals surface area contributed by atoms with Crippen molar-refractivity contribution in [1.82, 2.24) is 9.55 Å². The van der Waals surface area contributed by atoms with Crippen molar-refractivity contribution in [3.05, 3.63) is 64.5 Å². The van der Waals surface area contributed by atoms with Crippen molar-refractivity contribution in [3.8, 4) is 11.1 Å². The maximum absolute atomic E-state index is 13.3. The Morgan fingerprint density at radius 2 is 1.95 bits per heavy atom. The fourth-order valence-electron chi connectivity index (χ4n) is 2.93. The van der Waals surface area contributed by atoms with Crippen molar-refractivity contribution in [2.75, 3.05) is 0 Å². The molecule has 0 atom stereocenters. The molecule has 1 aliphatic heterocycles. The van der Waals surface area contributed by atoms with Gasteiger partial charge in [0.05, 0.1) is 10.9 Å². The first kappa shape index (κ1) is 12.3. The quantitative estimate of drug-likeness (QED) is 0.686. The number of fused-ring (bicyclic) bond motifs is 2. The van der Waals surface area contributed by atoms with Gasteiger partial charge in [0.2, 0.25) is 0 Å². The summed E-state index contributed by atoms with van der Waals surface area (Å²) in [7, 11) is 0. The fourth-order valence-corrected chi connectivity index (χ4v) is 2.93. The summed E-state index contributed by atoms with van der Waals surface area (Å²) in [5, 5.41) is 0.626. The average Bonchev–Trinajstić information content (AvgIpc) is 2.95. The number of hydrogen-bond acceptors (Lipinski definition) is 2. The number of rotatable bonds is 1. The first-order valence-corrected chi connectivity index (χ1v) is 7.02. The SMILES string of the molecule is O=c1c2ccc(-c3cccc(F)c3)cc2nc2n1CCC2. The molecule has 0 saturated carbocycles. The van der Waals surface area contributed by atoms with Crippen molar-refractivity contribution in [2.24, 2.45) is 0 Å². The van der Waals surface area contributed by atoms with Crippen LogP contribution >= 0.6 is 0 Å². The Bertz CT molecular complexity index is 914. The number of hydrogen-bond donors (Lipinski definition) is 0. The molecule has 4 heteroatoms. The van der Waals surface area contributed by atoms with Gasteiger partial charge in [0.15, 0.2) is 0 Å². The van der Waals surface area contributed by atoms with Crippen LogP contribution in [0.25, 0.3) is 22.0 Å². The minimum atomic E-state index is -0.269. The smallest absolute Gasteiger partial charge is 0.261 e. The number of halogens is 1. The maximum Gasteiger partial charge on any atom is 0.261 e. The van der Waals surface area contributed by atoms with Crippen molar-refractivity contribution in [3.63, 3.8) is 0 Å². The molecule has 4 rings (SSSR count). The van der Waals surface area contributed by atoms with E-state index in [-0.39, 0.29) is 11.4 Å². The molecular formula is C17H13FN2O. The van der Waals surface area contributed by atoms with Crippen LogP contribution in [0.4, 0.5) is 4.39 Å². The van der Waals surface area contributed by atoms with Crippen LogP contribution in [0.1, 0.15) is 12.2 Å². The molecule has 104 valence electrons. The van der Waals surface area contributed by atoms with Gasteiger partial charge in [-0.2, -0.15) is 0 Å². The van der Waals surface area contributed by atoms with Crippen molar-refractivity contribution >= 4 is 10.9 Å². The Labute approximate surface area is 120 Å². The first-order chi connectivity index (χ1) is 10.2. The summed E-state index contributed by atoms with van der Waals surface area (Å²) in [6.07, 6.45) is 1.81. The largest absolute Gasteiger partial charge is 0.296 e. The van der Waals surface area contributed by atoms with Gasteiger partial charge >= 0.3 is 0 Å². The molecule has 1 aliphatic rings. The summed E-state index contributed by atoms with van der Waals surface area (Å²) >= 11 is 0. The van der Waals surface area contributed by atoms with E-state index in [1.807, 2.05) is 18.2 Å². The molecule has 0 spiro atoms. The molecule has 0 amide bonds. The van der Waals surface area contributed by atoms with Crippen LogP contribution < -0.4 is 5.56 Å². The Kier molecular flexibility index (Phi) is 2.64. The molecule has 0 aliphatic carbocycles. The van der Waals surface area contributed by atoms with E-state index in [4.69, 9.17) is 0 Å². The molecular weight excluding hydrogens is 267 g/mol. The van der Waals surface area contributed by atoms with Gasteiger partial charge in [-0.3, -0.25) is 9.36 Å². The molecule has 0 bridgehead atoms. The van der Waals surface area contributed by atoms with Crippen LogP contribution in [0, 0.1) is 5.82 Å². The number of benzene rings is 2. The van der Waals surface area contributed by atoms with Crippen LogP contribution in [0.5, 0.6) is 0 Å². The average molecular weight is 280 g/mol. The molecule has 0 fully saturated rings. The minimum Gasteiger partial charge on any atom is -0.296 e. The van der Waals surface area contributed by atoms with E-state index in [2.05, 4.69) is 4.98 Å². The lowest BCUT2D eigenvalue weighted by atomic mass is 10.0. The molecule has 1 aromatic heterocycles. The third-order valence-electron chi connectivity index (χ3n) is 3.97. The predicted octanol–water partition coefficient (Wildman–Crippen LogP) is 3.15. The van der Waals surface area contributed by atoms with E-state index in [1.165, 1.54) is 12.1 Å². The normalized spacial score (nSPS) is 13.6. The van der Waals surface area contributed by atoms with Gasteiger partial charge in [0.25, 0.3) is 5.56 Å². The third kappa shape index (κ3) is 1.95. The lowest BCUT2D eigenvalue weighted by molar-refractivity contribution is 0.628. The summed E-state index contributed by atoms with van der Waals surface area (Å²) in [4.78, 5) is 17.0. The highest BCUT2D eigenvalue weighted by Crippen LogP contribution is 2.24. The number of aryl methyl sites for hydroxylation is 1. The van der Waals surface area contributed by atoms with Crippen LogP contribution in [0.2, 0.25) is 0 Å². The molecule has 3 aromatic rings. The zero-order valence-corrected chi connectivity index (χ0v) is 11.3. The van der Waals surface area contributed by atoms with E-state index < -0.39 is 0 Å². The molecule has 2 aromatic carbocycles. The lowest BCUT2D eigenvalue weighted by Gasteiger charge is -2.07. The molecule has 0 unspecified atom stereocenters. The van der Waals surface area contributed by atoms with Gasteiger partial charge in [-0.15, -0.1) is 0 Å². The molecule has 0 radical (unpaired) electrons. The molecule has 0 N–H and O–H groups in total. The Morgan fingerprint density at radius 3 is 2.81 bits per heavy atom. The van der Waals surface area contributed by atoms with Crippen LogP contribution in [0.3, 0.4) is 0 Å². The number of nitrogens with zero attached hydrogens (tertiary/aromatic N) is 2. The number of aromatic nitrogens is 2. The maximum atomic E-state index is 13.3. The lowest BCUT2D eigenvalue weighted by Crippen LogP contribution is -2.20. The van der Waals surface area contributed by atoms with Crippen LogP contribution in [-0.2, 0) is 13.0 Å². The van der Waals surface area contributed by atoms with E-state index in [1.54, 1.807) is 16.7 Å². The van der Waals surface area contributed by atoms with E-state index >= 15 is 0 Å². The monoisotopic (exact) mass is 280 g/mol.